The maximum Gasteiger partial charge on any atom is 0.241 e. The van der Waals surface area contributed by atoms with Crippen LogP contribution in [0.5, 0.6) is 11.5 Å². The average molecular weight is 393 g/mol. The number of para-hydroxylation sites is 1. The van der Waals surface area contributed by atoms with Gasteiger partial charge in [0.1, 0.15) is 5.52 Å². The summed E-state index contributed by atoms with van der Waals surface area (Å²) in [6.07, 6.45) is 1.88. The van der Waals surface area contributed by atoms with Crippen LogP contribution in [0.15, 0.2) is 42.5 Å². The molecule has 1 fully saturated rings. The van der Waals surface area contributed by atoms with Gasteiger partial charge in [-0.2, -0.15) is 0 Å². The molecule has 1 aromatic heterocycles. The van der Waals surface area contributed by atoms with Gasteiger partial charge >= 0.3 is 0 Å². The summed E-state index contributed by atoms with van der Waals surface area (Å²) in [7, 11) is 0. The summed E-state index contributed by atoms with van der Waals surface area (Å²) in [5.41, 5.74) is 2.71. The molecule has 8 heteroatoms. The van der Waals surface area contributed by atoms with Gasteiger partial charge in [-0.3, -0.25) is 9.69 Å². The zero-order chi connectivity index (χ0) is 19.8. The first-order valence-corrected chi connectivity index (χ1v) is 9.93. The number of carbonyl (C=O) groups is 1. The second kappa shape index (κ2) is 7.36. The molecule has 2 aliphatic rings. The minimum Gasteiger partial charge on any atom is -0.454 e. The van der Waals surface area contributed by atoms with E-state index in [-0.39, 0.29) is 18.7 Å². The summed E-state index contributed by atoms with van der Waals surface area (Å²) in [6, 6.07) is 13.6. The Morgan fingerprint density at radius 2 is 1.93 bits per heavy atom. The molecule has 0 aliphatic carbocycles. The summed E-state index contributed by atoms with van der Waals surface area (Å²) >= 11 is 0. The Morgan fingerprint density at radius 3 is 2.79 bits per heavy atom. The van der Waals surface area contributed by atoms with E-state index in [0.717, 1.165) is 42.7 Å². The third-order valence-corrected chi connectivity index (χ3v) is 5.79. The van der Waals surface area contributed by atoms with E-state index in [0.29, 0.717) is 17.5 Å². The molecule has 8 nitrogen and oxygen atoms in total. The zero-order valence-electron chi connectivity index (χ0n) is 16.2. The van der Waals surface area contributed by atoms with Gasteiger partial charge in [-0.05, 0) is 44.0 Å². The molecule has 1 amide bonds. The normalized spacial score (nSPS) is 18.1. The van der Waals surface area contributed by atoms with E-state index in [4.69, 9.17) is 9.47 Å². The highest BCUT2D eigenvalue weighted by molar-refractivity contribution is 5.94. The van der Waals surface area contributed by atoms with Crippen molar-refractivity contribution in [3.63, 3.8) is 0 Å². The van der Waals surface area contributed by atoms with E-state index >= 15 is 0 Å². The summed E-state index contributed by atoms with van der Waals surface area (Å²) < 4.78 is 12.7. The van der Waals surface area contributed by atoms with Crippen LogP contribution < -0.4 is 14.8 Å². The molecule has 1 saturated heterocycles. The van der Waals surface area contributed by atoms with E-state index in [1.165, 1.54) is 0 Å². The lowest BCUT2D eigenvalue weighted by Gasteiger charge is -2.35. The number of benzene rings is 2. The zero-order valence-corrected chi connectivity index (χ0v) is 16.2. The number of anilines is 1. The van der Waals surface area contributed by atoms with Crippen LogP contribution in [0, 0.1) is 0 Å². The van der Waals surface area contributed by atoms with Crippen molar-refractivity contribution in [2.45, 2.75) is 31.8 Å². The standard InChI is InChI=1S/C21H23N5O3/c1-14(21(27)22-15-6-7-19-20(12-15)29-13-28-19)25-10-8-16(9-11-25)26-18-5-3-2-4-17(18)23-24-26/h2-7,12,14,16H,8-11,13H2,1H3,(H,22,27)/t14-/m0/s1. The number of fused-ring (bicyclic) bond motifs is 2. The first-order chi connectivity index (χ1) is 14.2. The Bertz CT molecular complexity index is 1040. The maximum absolute atomic E-state index is 12.7. The molecule has 0 saturated carbocycles. The molecule has 2 aliphatic heterocycles. The van der Waals surface area contributed by atoms with Crippen molar-refractivity contribution < 1.29 is 14.3 Å². The number of carbonyl (C=O) groups excluding carboxylic acids is 1. The Balaban J connectivity index is 1.20. The lowest BCUT2D eigenvalue weighted by atomic mass is 10.0. The molecule has 0 bridgehead atoms. The van der Waals surface area contributed by atoms with Gasteiger partial charge in [0.05, 0.1) is 17.6 Å². The smallest absolute Gasteiger partial charge is 0.241 e. The van der Waals surface area contributed by atoms with Crippen molar-refractivity contribution in [3.05, 3.63) is 42.5 Å². The van der Waals surface area contributed by atoms with Crippen LogP contribution in [0.2, 0.25) is 0 Å². The van der Waals surface area contributed by atoms with Gasteiger partial charge in [0.25, 0.3) is 0 Å². The quantitative estimate of drug-likeness (QED) is 0.734. The fraction of sp³-hybridized carbons (Fsp3) is 0.381. The van der Waals surface area contributed by atoms with E-state index in [1.54, 1.807) is 6.07 Å². The topological polar surface area (TPSA) is 81.5 Å². The van der Waals surface area contributed by atoms with Crippen LogP contribution in [-0.2, 0) is 4.79 Å². The molecule has 1 atom stereocenters. The molecule has 3 aromatic rings. The first kappa shape index (κ1) is 17.9. The molecule has 0 radical (unpaired) electrons. The summed E-state index contributed by atoms with van der Waals surface area (Å²) in [6.45, 7) is 3.86. The van der Waals surface area contributed by atoms with Crippen molar-refractivity contribution in [1.82, 2.24) is 19.9 Å². The highest BCUT2D eigenvalue weighted by Crippen LogP contribution is 2.34. The number of piperidine rings is 1. The monoisotopic (exact) mass is 393 g/mol. The van der Waals surface area contributed by atoms with Crippen LogP contribution in [-0.4, -0.2) is 51.7 Å². The SMILES string of the molecule is C[C@@H](C(=O)Nc1ccc2c(c1)OCO2)N1CCC(n2nnc3ccccc32)CC1. The maximum atomic E-state index is 12.7. The summed E-state index contributed by atoms with van der Waals surface area (Å²) in [4.78, 5) is 15.0. The van der Waals surface area contributed by atoms with Crippen molar-refractivity contribution in [3.8, 4) is 11.5 Å². The van der Waals surface area contributed by atoms with Crippen LogP contribution >= 0.6 is 0 Å². The van der Waals surface area contributed by atoms with Gasteiger partial charge in [-0.25, -0.2) is 4.68 Å². The van der Waals surface area contributed by atoms with Gasteiger partial charge in [-0.15, -0.1) is 5.10 Å². The Morgan fingerprint density at radius 1 is 1.14 bits per heavy atom. The molecule has 0 unspecified atom stereocenters. The van der Waals surface area contributed by atoms with Crippen LogP contribution in [0.3, 0.4) is 0 Å². The second-order valence-corrected chi connectivity index (χ2v) is 7.52. The average Bonchev–Trinajstić information content (AvgIpc) is 3.40. The molecule has 5 rings (SSSR count). The van der Waals surface area contributed by atoms with E-state index in [1.807, 2.05) is 41.9 Å². The molecular formula is C21H23N5O3. The van der Waals surface area contributed by atoms with E-state index in [9.17, 15) is 4.79 Å². The molecule has 3 heterocycles. The number of likely N-dealkylation sites (tertiary alicyclic amines) is 1. The number of aromatic nitrogens is 3. The lowest BCUT2D eigenvalue weighted by molar-refractivity contribution is -0.121. The number of amides is 1. The Labute approximate surface area is 168 Å². The number of nitrogens with zero attached hydrogens (tertiary/aromatic N) is 4. The van der Waals surface area contributed by atoms with E-state index < -0.39 is 0 Å². The van der Waals surface area contributed by atoms with Crippen molar-refractivity contribution in [1.29, 1.82) is 0 Å². The first-order valence-electron chi connectivity index (χ1n) is 9.93. The number of hydrogen-bond donors (Lipinski definition) is 1. The third kappa shape index (κ3) is 3.40. The molecule has 1 N–H and O–H groups in total. The lowest BCUT2D eigenvalue weighted by Crippen LogP contribution is -2.46. The van der Waals surface area contributed by atoms with Gasteiger partial charge < -0.3 is 14.8 Å². The van der Waals surface area contributed by atoms with Crippen molar-refractivity contribution in [2.24, 2.45) is 0 Å². The predicted molar refractivity (Wildman–Crippen MR) is 108 cm³/mol. The minimum absolute atomic E-state index is 0.0199. The fourth-order valence-electron chi connectivity index (χ4n) is 4.06. The fourth-order valence-corrected chi connectivity index (χ4v) is 4.06. The van der Waals surface area contributed by atoms with Gasteiger partial charge in [0.2, 0.25) is 12.7 Å². The Hall–Kier alpha value is -3.13. The Kier molecular flexibility index (Phi) is 4.55. The van der Waals surface area contributed by atoms with Crippen LogP contribution in [0.1, 0.15) is 25.8 Å². The minimum atomic E-state index is -0.214. The third-order valence-electron chi connectivity index (χ3n) is 5.79. The number of ether oxygens (including phenoxy) is 2. The van der Waals surface area contributed by atoms with Gasteiger partial charge in [-0.1, -0.05) is 17.3 Å². The number of hydrogen-bond acceptors (Lipinski definition) is 6. The van der Waals surface area contributed by atoms with Crippen LogP contribution in [0.4, 0.5) is 5.69 Å². The molecule has 29 heavy (non-hydrogen) atoms. The molecule has 2 aromatic carbocycles. The number of nitrogens with one attached hydrogen (secondary N) is 1. The molecular weight excluding hydrogens is 370 g/mol. The second-order valence-electron chi connectivity index (χ2n) is 7.52. The van der Waals surface area contributed by atoms with Crippen molar-refractivity contribution in [2.75, 3.05) is 25.2 Å². The van der Waals surface area contributed by atoms with Crippen LogP contribution in [0.25, 0.3) is 11.0 Å². The van der Waals surface area contributed by atoms with Gasteiger partial charge in [0, 0.05) is 24.8 Å². The van der Waals surface area contributed by atoms with Crippen molar-refractivity contribution >= 4 is 22.6 Å². The molecule has 150 valence electrons. The highest BCUT2D eigenvalue weighted by atomic mass is 16.7. The summed E-state index contributed by atoms with van der Waals surface area (Å²) in [5, 5.41) is 11.6. The predicted octanol–water partition coefficient (Wildman–Crippen LogP) is 2.82. The summed E-state index contributed by atoms with van der Waals surface area (Å²) in [5.74, 6) is 1.35. The number of rotatable bonds is 4. The molecule has 0 spiro atoms. The van der Waals surface area contributed by atoms with E-state index in [2.05, 4.69) is 26.6 Å². The van der Waals surface area contributed by atoms with Gasteiger partial charge in [0.15, 0.2) is 11.5 Å². The highest BCUT2D eigenvalue weighted by Gasteiger charge is 2.28. The largest absolute Gasteiger partial charge is 0.454 e.